The van der Waals surface area contributed by atoms with Gasteiger partial charge in [0.2, 0.25) is 0 Å². The van der Waals surface area contributed by atoms with Crippen molar-refractivity contribution < 1.29 is 9.00 Å². The van der Waals surface area contributed by atoms with E-state index >= 15 is 0 Å². The molecule has 1 N–H and O–H groups in total. The summed E-state index contributed by atoms with van der Waals surface area (Å²) < 4.78 is 13.4. The normalized spacial score (nSPS) is 12.0. The Morgan fingerprint density at radius 2 is 1.67 bits per heavy atom. The minimum atomic E-state index is -1.06. The summed E-state index contributed by atoms with van der Waals surface area (Å²) in [5, 5.41) is 2.88. The van der Waals surface area contributed by atoms with Gasteiger partial charge in [0.1, 0.15) is 6.33 Å². The van der Waals surface area contributed by atoms with Crippen molar-refractivity contribution in [3.63, 3.8) is 0 Å². The van der Waals surface area contributed by atoms with Gasteiger partial charge in [0.05, 0.1) is 11.0 Å². The molecule has 1 unspecified atom stereocenters. The van der Waals surface area contributed by atoms with E-state index in [9.17, 15) is 9.00 Å². The molecule has 4 rings (SSSR count). The Hall–Kier alpha value is -3.25. The zero-order valence-electron chi connectivity index (χ0n) is 14.6. The zero-order chi connectivity index (χ0) is 18.8. The van der Waals surface area contributed by atoms with E-state index in [2.05, 4.69) is 10.3 Å². The molecule has 134 valence electrons. The number of amides is 1. The van der Waals surface area contributed by atoms with E-state index in [-0.39, 0.29) is 5.91 Å². The van der Waals surface area contributed by atoms with Crippen LogP contribution in [0.3, 0.4) is 0 Å². The van der Waals surface area contributed by atoms with E-state index in [4.69, 9.17) is 0 Å². The minimum Gasteiger partial charge on any atom is -0.322 e. The van der Waals surface area contributed by atoms with Gasteiger partial charge in [0.15, 0.2) is 0 Å². The van der Waals surface area contributed by atoms with Crippen molar-refractivity contribution in [3.8, 4) is 5.69 Å². The van der Waals surface area contributed by atoms with Crippen LogP contribution in [0.25, 0.3) is 16.7 Å². The second-order valence-electron chi connectivity index (χ2n) is 6.08. The number of imidazole rings is 1. The Morgan fingerprint density at radius 1 is 0.963 bits per heavy atom. The van der Waals surface area contributed by atoms with Crippen LogP contribution in [0.15, 0.2) is 84.0 Å². The molecule has 0 radical (unpaired) electrons. The van der Waals surface area contributed by atoms with Crippen molar-refractivity contribution in [1.29, 1.82) is 0 Å². The first kappa shape index (κ1) is 17.2. The van der Waals surface area contributed by atoms with E-state index in [0.29, 0.717) is 16.1 Å². The average molecular weight is 375 g/mol. The topological polar surface area (TPSA) is 64.0 Å². The zero-order valence-corrected chi connectivity index (χ0v) is 15.4. The maximum absolute atomic E-state index is 12.4. The summed E-state index contributed by atoms with van der Waals surface area (Å²) in [5.41, 5.74) is 4.16. The van der Waals surface area contributed by atoms with Crippen LogP contribution < -0.4 is 5.32 Å². The molecule has 5 nitrogen and oxygen atoms in total. The van der Waals surface area contributed by atoms with Crippen molar-refractivity contribution in [2.24, 2.45) is 0 Å². The molecule has 1 amide bonds. The number of carbonyl (C=O) groups excluding carboxylic acids is 1. The van der Waals surface area contributed by atoms with Crippen LogP contribution in [0.2, 0.25) is 0 Å². The van der Waals surface area contributed by atoms with Crippen molar-refractivity contribution in [1.82, 2.24) is 9.55 Å². The third-order valence-corrected chi connectivity index (χ3v) is 5.24. The maximum Gasteiger partial charge on any atom is 0.255 e. The van der Waals surface area contributed by atoms with E-state index in [0.717, 1.165) is 16.7 Å². The standard InChI is InChI=1S/C21H17N3O2S/c1-27(26)18-12-6-15(7-13-18)21(25)23-16-8-10-17(11-9-16)24-14-22-19-4-2-3-5-20(19)24/h2-14H,1H3,(H,23,25). The highest BCUT2D eigenvalue weighted by molar-refractivity contribution is 7.84. The molecule has 27 heavy (non-hydrogen) atoms. The van der Waals surface area contributed by atoms with Gasteiger partial charge in [-0.1, -0.05) is 12.1 Å². The molecule has 0 aliphatic carbocycles. The van der Waals surface area contributed by atoms with Gasteiger partial charge in [-0.25, -0.2) is 4.98 Å². The predicted octanol–water partition coefficient (Wildman–Crippen LogP) is 4.02. The highest BCUT2D eigenvalue weighted by atomic mass is 32.2. The molecular weight excluding hydrogens is 358 g/mol. The van der Waals surface area contributed by atoms with Gasteiger partial charge in [-0.2, -0.15) is 0 Å². The third-order valence-electron chi connectivity index (χ3n) is 4.31. The van der Waals surface area contributed by atoms with E-state index in [1.807, 2.05) is 53.1 Å². The molecule has 0 aliphatic heterocycles. The largest absolute Gasteiger partial charge is 0.322 e. The highest BCUT2D eigenvalue weighted by Crippen LogP contribution is 2.20. The fraction of sp³-hybridized carbons (Fsp3) is 0.0476. The van der Waals surface area contributed by atoms with Crippen LogP contribution >= 0.6 is 0 Å². The fourth-order valence-corrected chi connectivity index (χ4v) is 3.39. The molecule has 0 fully saturated rings. The van der Waals surface area contributed by atoms with Crippen molar-refractivity contribution >= 4 is 33.4 Å². The first-order chi connectivity index (χ1) is 13.1. The van der Waals surface area contributed by atoms with Crippen molar-refractivity contribution in [2.75, 3.05) is 11.6 Å². The van der Waals surface area contributed by atoms with E-state index in [1.165, 1.54) is 0 Å². The van der Waals surface area contributed by atoms with Gasteiger partial charge in [0.25, 0.3) is 5.91 Å². The first-order valence-corrected chi connectivity index (χ1v) is 9.95. The number of para-hydroxylation sites is 2. The van der Waals surface area contributed by atoms with Gasteiger partial charge >= 0.3 is 0 Å². The fourth-order valence-electron chi connectivity index (χ4n) is 2.87. The smallest absolute Gasteiger partial charge is 0.255 e. The number of nitrogens with one attached hydrogen (secondary N) is 1. The Kier molecular flexibility index (Phi) is 4.56. The minimum absolute atomic E-state index is 0.204. The molecule has 1 aromatic heterocycles. The Bertz CT molecular complexity index is 1130. The lowest BCUT2D eigenvalue weighted by Crippen LogP contribution is -2.11. The summed E-state index contributed by atoms with van der Waals surface area (Å²) in [5.74, 6) is -0.204. The Morgan fingerprint density at radius 3 is 2.37 bits per heavy atom. The molecule has 1 atom stereocenters. The monoisotopic (exact) mass is 375 g/mol. The molecule has 1 heterocycles. The summed E-state index contributed by atoms with van der Waals surface area (Å²) >= 11 is 0. The predicted molar refractivity (Wildman–Crippen MR) is 108 cm³/mol. The van der Waals surface area contributed by atoms with Gasteiger partial charge in [-0.15, -0.1) is 0 Å². The summed E-state index contributed by atoms with van der Waals surface area (Å²) in [6, 6.07) is 22.3. The lowest BCUT2D eigenvalue weighted by Gasteiger charge is -2.08. The summed E-state index contributed by atoms with van der Waals surface area (Å²) in [7, 11) is -1.06. The summed E-state index contributed by atoms with van der Waals surface area (Å²) in [6.45, 7) is 0. The molecule has 0 aliphatic rings. The number of benzene rings is 3. The second kappa shape index (κ2) is 7.17. The number of hydrogen-bond acceptors (Lipinski definition) is 3. The molecule has 3 aromatic carbocycles. The number of anilines is 1. The molecular formula is C21H17N3O2S. The van der Waals surface area contributed by atoms with Crippen molar-refractivity contribution in [2.45, 2.75) is 4.90 Å². The van der Waals surface area contributed by atoms with Crippen LogP contribution in [-0.2, 0) is 10.8 Å². The molecule has 0 spiro atoms. The van der Waals surface area contributed by atoms with Crippen LogP contribution in [0, 0.1) is 0 Å². The number of rotatable bonds is 4. The first-order valence-electron chi connectivity index (χ1n) is 8.39. The maximum atomic E-state index is 12.4. The lowest BCUT2D eigenvalue weighted by atomic mass is 10.2. The quantitative estimate of drug-likeness (QED) is 0.586. The summed E-state index contributed by atoms with van der Waals surface area (Å²) in [4.78, 5) is 17.5. The average Bonchev–Trinajstić information content (AvgIpc) is 3.13. The highest BCUT2D eigenvalue weighted by Gasteiger charge is 2.08. The molecule has 0 saturated carbocycles. The number of hydrogen-bond donors (Lipinski definition) is 1. The number of nitrogens with zero attached hydrogens (tertiary/aromatic N) is 2. The Balaban J connectivity index is 1.52. The summed E-state index contributed by atoms with van der Waals surface area (Å²) in [6.07, 6.45) is 3.40. The molecule has 6 heteroatoms. The molecule has 0 saturated heterocycles. The van der Waals surface area contributed by atoms with Gasteiger partial charge < -0.3 is 5.32 Å². The SMILES string of the molecule is CS(=O)c1ccc(C(=O)Nc2ccc(-n3cnc4ccccc43)cc2)cc1. The number of aromatic nitrogens is 2. The van der Waals surface area contributed by atoms with Crippen LogP contribution in [0.5, 0.6) is 0 Å². The van der Waals surface area contributed by atoms with Gasteiger partial charge in [-0.3, -0.25) is 13.6 Å². The number of carbonyl (C=O) groups is 1. The lowest BCUT2D eigenvalue weighted by molar-refractivity contribution is 0.102. The van der Waals surface area contributed by atoms with Crippen LogP contribution in [-0.4, -0.2) is 25.9 Å². The second-order valence-corrected chi connectivity index (χ2v) is 7.46. The number of fused-ring (bicyclic) bond motifs is 1. The van der Waals surface area contributed by atoms with E-state index in [1.54, 1.807) is 36.8 Å². The Labute approximate surface area is 159 Å². The van der Waals surface area contributed by atoms with Crippen LogP contribution in [0.1, 0.15) is 10.4 Å². The van der Waals surface area contributed by atoms with E-state index < -0.39 is 10.8 Å². The molecule has 4 aromatic rings. The van der Waals surface area contributed by atoms with Crippen LogP contribution in [0.4, 0.5) is 5.69 Å². The van der Waals surface area contributed by atoms with Crippen molar-refractivity contribution in [3.05, 3.63) is 84.7 Å². The van der Waals surface area contributed by atoms with Gasteiger partial charge in [-0.05, 0) is 60.7 Å². The third kappa shape index (κ3) is 3.52. The van der Waals surface area contributed by atoms with Gasteiger partial charge in [0, 0.05) is 38.9 Å². The molecule has 0 bridgehead atoms.